The van der Waals surface area contributed by atoms with Crippen molar-refractivity contribution >= 4 is 28.2 Å². The van der Waals surface area contributed by atoms with Gasteiger partial charge >= 0.3 is 0 Å². The van der Waals surface area contributed by atoms with Crippen LogP contribution in [-0.2, 0) is 6.54 Å². The molecule has 0 aliphatic carbocycles. The second-order valence-electron chi connectivity index (χ2n) is 3.14. The number of aromatic nitrogens is 1. The molecule has 3 N–H and O–H groups in total. The van der Waals surface area contributed by atoms with Crippen LogP contribution in [0, 0.1) is 0 Å². The van der Waals surface area contributed by atoms with Crippen LogP contribution in [0.2, 0.25) is 5.02 Å². The number of fused-ring (bicyclic) bond motifs is 1. The van der Waals surface area contributed by atoms with Crippen LogP contribution in [0.1, 0.15) is 0 Å². The van der Waals surface area contributed by atoms with E-state index >= 15 is 0 Å². The summed E-state index contributed by atoms with van der Waals surface area (Å²) in [6, 6.07) is 5.63. The Morgan fingerprint density at radius 2 is 2.21 bits per heavy atom. The molecular weight excluding hydrogens is 200 g/mol. The molecule has 0 amide bonds. The number of nitrogens with two attached hydrogens (primary N) is 1. The quantitative estimate of drug-likeness (QED) is 0.744. The Balaban J connectivity index is 2.71. The van der Waals surface area contributed by atoms with Crippen LogP contribution in [0.25, 0.3) is 10.9 Å². The van der Waals surface area contributed by atoms with Gasteiger partial charge in [0.2, 0.25) is 0 Å². The number of aliphatic hydroxyl groups is 1. The van der Waals surface area contributed by atoms with Crippen molar-refractivity contribution in [1.82, 2.24) is 4.57 Å². The topological polar surface area (TPSA) is 51.2 Å². The first-order valence-corrected chi connectivity index (χ1v) is 4.75. The third-order valence-corrected chi connectivity index (χ3v) is 2.52. The van der Waals surface area contributed by atoms with Crippen LogP contribution in [0.3, 0.4) is 0 Å². The Kier molecular flexibility index (Phi) is 2.35. The lowest BCUT2D eigenvalue weighted by Gasteiger charge is -2.02. The summed E-state index contributed by atoms with van der Waals surface area (Å²) in [5.74, 6) is 0. The van der Waals surface area contributed by atoms with Gasteiger partial charge in [-0.2, -0.15) is 0 Å². The van der Waals surface area contributed by atoms with Crippen molar-refractivity contribution in [2.75, 3.05) is 12.3 Å². The van der Waals surface area contributed by atoms with Gasteiger partial charge in [-0.15, -0.1) is 0 Å². The maximum atomic E-state index is 8.86. The fourth-order valence-electron chi connectivity index (χ4n) is 1.62. The van der Waals surface area contributed by atoms with Crippen molar-refractivity contribution in [1.29, 1.82) is 0 Å². The third kappa shape index (κ3) is 1.35. The first-order chi connectivity index (χ1) is 6.74. The van der Waals surface area contributed by atoms with Crippen LogP contribution in [0.4, 0.5) is 5.69 Å². The smallest absolute Gasteiger partial charge is 0.0682 e. The van der Waals surface area contributed by atoms with Gasteiger partial charge in [0.15, 0.2) is 0 Å². The molecule has 0 aliphatic heterocycles. The van der Waals surface area contributed by atoms with Crippen LogP contribution in [0.15, 0.2) is 24.4 Å². The average Bonchev–Trinajstić information content (AvgIpc) is 2.46. The number of aliphatic hydroxyl groups excluding tert-OH is 1. The van der Waals surface area contributed by atoms with E-state index in [1.54, 1.807) is 6.20 Å². The van der Waals surface area contributed by atoms with E-state index in [1.807, 2.05) is 22.8 Å². The first kappa shape index (κ1) is 9.37. The fourth-order valence-corrected chi connectivity index (χ4v) is 1.94. The summed E-state index contributed by atoms with van der Waals surface area (Å²) in [6.07, 6.45) is 1.79. The van der Waals surface area contributed by atoms with Crippen molar-refractivity contribution in [3.05, 3.63) is 29.4 Å². The summed E-state index contributed by atoms with van der Waals surface area (Å²) < 4.78 is 1.90. The number of anilines is 1. The highest BCUT2D eigenvalue weighted by Gasteiger charge is 2.08. The maximum Gasteiger partial charge on any atom is 0.0682 e. The lowest BCUT2D eigenvalue weighted by molar-refractivity contribution is 0.278. The van der Waals surface area contributed by atoms with Crippen molar-refractivity contribution in [2.45, 2.75) is 6.54 Å². The highest BCUT2D eigenvalue weighted by Crippen LogP contribution is 2.30. The summed E-state index contributed by atoms with van der Waals surface area (Å²) in [4.78, 5) is 0. The molecule has 1 aromatic carbocycles. The second kappa shape index (κ2) is 3.52. The normalized spacial score (nSPS) is 11.0. The molecule has 0 saturated carbocycles. The molecule has 0 bridgehead atoms. The maximum absolute atomic E-state index is 8.86. The highest BCUT2D eigenvalue weighted by atomic mass is 35.5. The zero-order valence-electron chi connectivity index (χ0n) is 7.57. The van der Waals surface area contributed by atoms with Crippen LogP contribution in [-0.4, -0.2) is 16.3 Å². The number of hydrogen-bond donors (Lipinski definition) is 2. The monoisotopic (exact) mass is 210 g/mol. The van der Waals surface area contributed by atoms with Crippen LogP contribution < -0.4 is 5.73 Å². The SMILES string of the molecule is Nc1cccc2c1c(Cl)cn2CCO. The molecular formula is C10H11ClN2O. The Hall–Kier alpha value is -1.19. The van der Waals surface area contributed by atoms with Gasteiger partial charge in [-0.05, 0) is 12.1 Å². The first-order valence-electron chi connectivity index (χ1n) is 4.37. The minimum absolute atomic E-state index is 0.0922. The average molecular weight is 211 g/mol. The molecule has 0 atom stereocenters. The molecule has 0 unspecified atom stereocenters. The van der Waals surface area contributed by atoms with Gasteiger partial charge in [-0.1, -0.05) is 17.7 Å². The van der Waals surface area contributed by atoms with Crippen molar-refractivity contribution in [3.63, 3.8) is 0 Å². The van der Waals surface area contributed by atoms with E-state index in [4.69, 9.17) is 22.4 Å². The molecule has 2 rings (SSSR count). The lowest BCUT2D eigenvalue weighted by Crippen LogP contribution is -1.99. The molecule has 1 aromatic heterocycles. The molecule has 14 heavy (non-hydrogen) atoms. The van der Waals surface area contributed by atoms with E-state index in [0.29, 0.717) is 17.3 Å². The number of halogens is 1. The van der Waals surface area contributed by atoms with Crippen molar-refractivity contribution in [2.24, 2.45) is 0 Å². The van der Waals surface area contributed by atoms with E-state index in [-0.39, 0.29) is 6.61 Å². The summed E-state index contributed by atoms with van der Waals surface area (Å²) >= 11 is 6.04. The predicted molar refractivity (Wildman–Crippen MR) is 58.4 cm³/mol. The lowest BCUT2D eigenvalue weighted by atomic mass is 10.2. The van der Waals surface area contributed by atoms with E-state index in [2.05, 4.69) is 0 Å². The van der Waals surface area contributed by atoms with Gasteiger partial charge in [0.1, 0.15) is 0 Å². The molecule has 0 fully saturated rings. The summed E-state index contributed by atoms with van der Waals surface area (Å²) in [6.45, 7) is 0.627. The second-order valence-corrected chi connectivity index (χ2v) is 3.54. The van der Waals surface area contributed by atoms with Gasteiger partial charge in [0, 0.05) is 23.8 Å². The Morgan fingerprint density at radius 3 is 2.93 bits per heavy atom. The zero-order valence-corrected chi connectivity index (χ0v) is 8.33. The van der Waals surface area contributed by atoms with Crippen molar-refractivity contribution < 1.29 is 5.11 Å². The summed E-state index contributed by atoms with van der Waals surface area (Å²) in [5.41, 5.74) is 7.44. The van der Waals surface area contributed by atoms with Gasteiger partial charge in [-0.3, -0.25) is 0 Å². The van der Waals surface area contributed by atoms with Gasteiger partial charge < -0.3 is 15.4 Å². The van der Waals surface area contributed by atoms with Gasteiger partial charge in [0.25, 0.3) is 0 Å². The number of hydrogen-bond acceptors (Lipinski definition) is 2. The summed E-state index contributed by atoms with van der Waals surface area (Å²) in [5, 5.41) is 10.4. The molecule has 0 spiro atoms. The fraction of sp³-hybridized carbons (Fsp3) is 0.200. The molecule has 74 valence electrons. The predicted octanol–water partition coefficient (Wildman–Crippen LogP) is 1.87. The van der Waals surface area contributed by atoms with E-state index < -0.39 is 0 Å². The molecule has 4 heteroatoms. The largest absolute Gasteiger partial charge is 0.398 e. The van der Waals surface area contributed by atoms with E-state index in [0.717, 1.165) is 10.9 Å². The number of nitrogens with zero attached hydrogens (tertiary/aromatic N) is 1. The van der Waals surface area contributed by atoms with Gasteiger partial charge in [0.05, 0.1) is 17.1 Å². The number of nitrogen functional groups attached to an aromatic ring is 1. The minimum Gasteiger partial charge on any atom is -0.398 e. The molecule has 0 saturated heterocycles. The Morgan fingerprint density at radius 1 is 1.43 bits per heavy atom. The molecule has 0 aliphatic rings. The third-order valence-electron chi connectivity index (χ3n) is 2.23. The Labute approximate surface area is 86.7 Å². The van der Waals surface area contributed by atoms with Crippen molar-refractivity contribution in [3.8, 4) is 0 Å². The number of rotatable bonds is 2. The van der Waals surface area contributed by atoms with Crippen LogP contribution in [0.5, 0.6) is 0 Å². The molecule has 1 heterocycles. The minimum atomic E-state index is 0.0922. The summed E-state index contributed by atoms with van der Waals surface area (Å²) in [7, 11) is 0. The van der Waals surface area contributed by atoms with E-state index in [9.17, 15) is 0 Å². The van der Waals surface area contributed by atoms with Crippen LogP contribution >= 0.6 is 11.6 Å². The van der Waals surface area contributed by atoms with E-state index in [1.165, 1.54) is 0 Å². The standard InChI is InChI=1S/C10H11ClN2O/c11-7-6-13(4-5-14)9-3-1-2-8(12)10(7)9/h1-3,6,14H,4-5,12H2. The molecule has 2 aromatic rings. The number of benzene rings is 1. The van der Waals surface area contributed by atoms with Gasteiger partial charge in [-0.25, -0.2) is 0 Å². The Bertz CT molecular complexity index is 464. The highest BCUT2D eigenvalue weighted by molar-refractivity contribution is 6.36. The molecule has 0 radical (unpaired) electrons. The molecule has 3 nitrogen and oxygen atoms in total. The zero-order chi connectivity index (χ0) is 10.1.